The zero-order valence-corrected chi connectivity index (χ0v) is 18.9. The van der Waals surface area contributed by atoms with Crippen molar-refractivity contribution in [1.29, 1.82) is 0 Å². The van der Waals surface area contributed by atoms with Gasteiger partial charge in [0.25, 0.3) is 17.7 Å². The zero-order valence-electron chi connectivity index (χ0n) is 18.9. The quantitative estimate of drug-likeness (QED) is 0.278. The highest BCUT2D eigenvalue weighted by Gasteiger charge is 2.48. The molecule has 12 heteroatoms. The Labute approximate surface area is 204 Å². The highest BCUT2D eigenvalue weighted by Crippen LogP contribution is 2.28. The van der Waals surface area contributed by atoms with Crippen LogP contribution < -0.4 is 31.7 Å². The maximum absolute atomic E-state index is 13.0. The second kappa shape index (κ2) is 8.10. The Balaban J connectivity index is 1.41. The Kier molecular flexibility index (Phi) is 5.15. The van der Waals surface area contributed by atoms with E-state index < -0.39 is 35.1 Å². The second-order valence-electron chi connectivity index (χ2n) is 8.54. The summed E-state index contributed by atoms with van der Waals surface area (Å²) in [5.74, 6) is 4.51. The van der Waals surface area contributed by atoms with E-state index in [0.717, 1.165) is 5.56 Å². The van der Waals surface area contributed by atoms with Gasteiger partial charge in [-0.15, -0.1) is 0 Å². The van der Waals surface area contributed by atoms with Crippen LogP contribution >= 0.6 is 0 Å². The number of carbonyl (C=O) groups is 5. The molecule has 0 radical (unpaired) electrons. The number of benzene rings is 2. The van der Waals surface area contributed by atoms with E-state index in [1.54, 1.807) is 30.3 Å². The summed E-state index contributed by atoms with van der Waals surface area (Å²) in [4.78, 5) is 62.7. The molecule has 2 saturated heterocycles. The number of methoxy groups -OCH3 is 1. The lowest BCUT2D eigenvalue weighted by atomic mass is 9.97. The molecule has 0 aliphatic carbocycles. The molecule has 5 rings (SSSR count). The van der Waals surface area contributed by atoms with Crippen LogP contribution in [0.5, 0.6) is 5.75 Å². The van der Waals surface area contributed by atoms with Crippen LogP contribution in [0.3, 0.4) is 0 Å². The average Bonchev–Trinajstić information content (AvgIpc) is 3.42. The van der Waals surface area contributed by atoms with E-state index in [9.17, 15) is 24.0 Å². The lowest BCUT2D eigenvalue weighted by Gasteiger charge is -2.26. The van der Waals surface area contributed by atoms with Gasteiger partial charge >= 0.3 is 12.1 Å². The van der Waals surface area contributed by atoms with E-state index >= 15 is 0 Å². The minimum absolute atomic E-state index is 0.177. The van der Waals surface area contributed by atoms with Gasteiger partial charge in [0, 0.05) is 23.2 Å². The molecule has 0 bridgehead atoms. The van der Waals surface area contributed by atoms with Gasteiger partial charge < -0.3 is 20.3 Å². The number of fused-ring (bicyclic) bond motifs is 1. The number of imide groups is 2. The van der Waals surface area contributed by atoms with Gasteiger partial charge in [0.2, 0.25) is 5.54 Å². The molecular weight excluding hydrogens is 468 g/mol. The van der Waals surface area contributed by atoms with Crippen LogP contribution in [0.25, 0.3) is 0 Å². The third-order valence-corrected chi connectivity index (χ3v) is 6.22. The number of nitrogens with one attached hydrogen (secondary N) is 4. The first kappa shape index (κ1) is 22.9. The SMILES string of the molecule is COc1ccc2c(c1)C(=O)N(C[C@@]1(C#Cc3ccc(C4(N)NC(=O)NC4=O)cc3)NC(=O)NC1=O)C2. The van der Waals surface area contributed by atoms with Crippen molar-refractivity contribution in [2.75, 3.05) is 13.7 Å². The van der Waals surface area contributed by atoms with E-state index in [2.05, 4.69) is 33.1 Å². The molecule has 2 atom stereocenters. The van der Waals surface area contributed by atoms with Gasteiger partial charge in [-0.3, -0.25) is 30.8 Å². The van der Waals surface area contributed by atoms with Crippen molar-refractivity contribution in [3.8, 4) is 17.6 Å². The average molecular weight is 488 g/mol. The van der Waals surface area contributed by atoms with E-state index in [0.29, 0.717) is 22.4 Å². The molecule has 6 N–H and O–H groups in total. The summed E-state index contributed by atoms with van der Waals surface area (Å²) in [5, 5.41) is 9.17. The first-order valence-corrected chi connectivity index (χ1v) is 10.8. The van der Waals surface area contributed by atoms with E-state index in [1.807, 2.05) is 0 Å². The first-order chi connectivity index (χ1) is 17.1. The summed E-state index contributed by atoms with van der Waals surface area (Å²) in [5.41, 5.74) is 4.63. The fourth-order valence-corrected chi connectivity index (χ4v) is 4.28. The number of hydrogen-bond donors (Lipinski definition) is 5. The van der Waals surface area contributed by atoms with Crippen molar-refractivity contribution in [1.82, 2.24) is 26.2 Å². The van der Waals surface area contributed by atoms with Crippen molar-refractivity contribution in [2.24, 2.45) is 5.73 Å². The van der Waals surface area contributed by atoms with Crippen molar-refractivity contribution in [3.63, 3.8) is 0 Å². The van der Waals surface area contributed by atoms with Crippen LogP contribution in [0.1, 0.15) is 27.0 Å². The van der Waals surface area contributed by atoms with Crippen molar-refractivity contribution in [2.45, 2.75) is 17.7 Å². The maximum Gasteiger partial charge on any atom is 0.323 e. The van der Waals surface area contributed by atoms with Gasteiger partial charge in [0.1, 0.15) is 5.75 Å². The minimum atomic E-state index is -1.71. The summed E-state index contributed by atoms with van der Waals surface area (Å²) in [6, 6.07) is 9.87. The molecule has 2 aromatic carbocycles. The first-order valence-electron chi connectivity index (χ1n) is 10.8. The van der Waals surface area contributed by atoms with Gasteiger partial charge in [-0.25, -0.2) is 9.59 Å². The molecule has 182 valence electrons. The number of nitrogens with two attached hydrogens (primary N) is 1. The van der Waals surface area contributed by atoms with Crippen LogP contribution in [0, 0.1) is 11.8 Å². The summed E-state index contributed by atoms with van der Waals surface area (Å²) in [6.07, 6.45) is 0. The highest BCUT2D eigenvalue weighted by atomic mass is 16.5. The van der Waals surface area contributed by atoms with Gasteiger partial charge in [-0.2, -0.15) is 0 Å². The Bertz CT molecular complexity index is 1410. The molecule has 36 heavy (non-hydrogen) atoms. The molecule has 3 heterocycles. The molecular formula is C24H20N6O6. The number of nitrogens with zero attached hydrogens (tertiary/aromatic N) is 1. The third-order valence-electron chi connectivity index (χ3n) is 6.22. The number of ether oxygens (including phenoxy) is 1. The van der Waals surface area contributed by atoms with Gasteiger partial charge in [0.05, 0.1) is 13.7 Å². The van der Waals surface area contributed by atoms with Gasteiger partial charge in [-0.1, -0.05) is 30.0 Å². The molecule has 0 saturated carbocycles. The molecule has 0 spiro atoms. The Morgan fingerprint density at radius 3 is 2.28 bits per heavy atom. The molecule has 2 fully saturated rings. The third kappa shape index (κ3) is 3.68. The molecule has 12 nitrogen and oxygen atoms in total. The van der Waals surface area contributed by atoms with E-state index in [4.69, 9.17) is 10.5 Å². The summed E-state index contributed by atoms with van der Waals surface area (Å²) in [7, 11) is 1.50. The predicted molar refractivity (Wildman–Crippen MR) is 123 cm³/mol. The fraction of sp³-hybridized carbons (Fsp3) is 0.208. The molecule has 2 aromatic rings. The van der Waals surface area contributed by atoms with Crippen LogP contribution in [0.15, 0.2) is 42.5 Å². The Morgan fingerprint density at radius 2 is 1.67 bits per heavy atom. The summed E-state index contributed by atoms with van der Waals surface area (Å²) in [6.45, 7) is 0.0649. The van der Waals surface area contributed by atoms with Crippen molar-refractivity contribution in [3.05, 3.63) is 64.7 Å². The molecule has 3 aliphatic rings. The minimum Gasteiger partial charge on any atom is -0.497 e. The number of hydrogen-bond acceptors (Lipinski definition) is 7. The van der Waals surface area contributed by atoms with Gasteiger partial charge in [-0.05, 0) is 29.8 Å². The normalized spacial score (nSPS) is 24.4. The van der Waals surface area contributed by atoms with E-state index in [1.165, 1.54) is 24.1 Å². The molecule has 1 unspecified atom stereocenters. The smallest absolute Gasteiger partial charge is 0.323 e. The van der Waals surface area contributed by atoms with Crippen LogP contribution in [0.2, 0.25) is 0 Å². The number of carbonyl (C=O) groups excluding carboxylic acids is 5. The van der Waals surface area contributed by atoms with Crippen LogP contribution in [-0.2, 0) is 21.8 Å². The number of rotatable bonds is 4. The summed E-state index contributed by atoms with van der Waals surface area (Å²) >= 11 is 0. The van der Waals surface area contributed by atoms with Crippen LogP contribution in [0.4, 0.5) is 9.59 Å². The maximum atomic E-state index is 13.0. The van der Waals surface area contributed by atoms with Crippen LogP contribution in [-0.4, -0.2) is 53.9 Å². The largest absolute Gasteiger partial charge is 0.497 e. The summed E-state index contributed by atoms with van der Waals surface area (Å²) < 4.78 is 5.19. The monoisotopic (exact) mass is 488 g/mol. The number of amides is 7. The Morgan fingerprint density at radius 1 is 0.972 bits per heavy atom. The molecule has 7 amide bonds. The zero-order chi connectivity index (χ0) is 25.7. The fourth-order valence-electron chi connectivity index (χ4n) is 4.28. The molecule has 0 aromatic heterocycles. The lowest BCUT2D eigenvalue weighted by molar-refractivity contribution is -0.124. The highest BCUT2D eigenvalue weighted by molar-refractivity contribution is 6.10. The predicted octanol–water partition coefficient (Wildman–Crippen LogP) is -0.768. The molecule has 3 aliphatic heterocycles. The standard InChI is InChI=1S/C24H20N6O6/c1-36-16-7-4-14-11-30(18(31)17(14)10-16)12-23(19(32)26-21(34)28-23)9-8-13-2-5-15(6-3-13)24(25)20(33)27-22(35)29-24/h2-7,10H,11-12,25H2,1H3,(H2,26,28,32,34)(H2,27,29,33,35)/t23-,24?/m1/s1. The van der Waals surface area contributed by atoms with E-state index in [-0.39, 0.29) is 19.0 Å². The van der Waals surface area contributed by atoms with Crippen molar-refractivity contribution >= 4 is 29.8 Å². The van der Waals surface area contributed by atoms with Crippen molar-refractivity contribution < 1.29 is 28.7 Å². The lowest BCUT2D eigenvalue weighted by Crippen LogP contribution is -2.54. The topological polar surface area (TPSA) is 172 Å². The number of urea groups is 2. The van der Waals surface area contributed by atoms with Gasteiger partial charge in [0.15, 0.2) is 5.66 Å². The second-order valence-corrected chi connectivity index (χ2v) is 8.54. The Hall–Kier alpha value is -4.89.